The number of carbonyl (C=O) groups excluding carboxylic acids is 1. The SMILES string of the molecule is N#Cc1nc(-c2ccco2)oc1N1CCN(C(=O)CSCc2cccnc2)CC1. The zero-order valence-corrected chi connectivity index (χ0v) is 16.5. The van der Waals surface area contributed by atoms with Crippen molar-refractivity contribution in [2.75, 3.05) is 36.8 Å². The molecule has 1 fully saturated rings. The van der Waals surface area contributed by atoms with Crippen molar-refractivity contribution in [3.05, 3.63) is 54.2 Å². The first-order valence-electron chi connectivity index (χ1n) is 9.19. The highest BCUT2D eigenvalue weighted by Crippen LogP contribution is 2.29. The summed E-state index contributed by atoms with van der Waals surface area (Å²) in [6.45, 7) is 2.32. The van der Waals surface area contributed by atoms with Crippen molar-refractivity contribution < 1.29 is 13.6 Å². The molecule has 0 spiro atoms. The molecule has 1 aliphatic heterocycles. The second-order valence-corrected chi connectivity index (χ2v) is 7.47. The third kappa shape index (κ3) is 4.43. The molecule has 0 atom stereocenters. The molecule has 0 aliphatic carbocycles. The van der Waals surface area contributed by atoms with E-state index in [9.17, 15) is 10.1 Å². The molecule has 9 heteroatoms. The van der Waals surface area contributed by atoms with Crippen molar-refractivity contribution in [2.24, 2.45) is 0 Å². The molecular formula is C20H19N5O3S. The lowest BCUT2D eigenvalue weighted by molar-refractivity contribution is -0.128. The highest BCUT2D eigenvalue weighted by molar-refractivity contribution is 7.99. The van der Waals surface area contributed by atoms with Crippen LogP contribution in [-0.2, 0) is 10.5 Å². The number of aromatic nitrogens is 2. The normalized spacial score (nSPS) is 14.0. The van der Waals surface area contributed by atoms with Gasteiger partial charge >= 0.3 is 0 Å². The van der Waals surface area contributed by atoms with Gasteiger partial charge in [0.25, 0.3) is 5.89 Å². The molecule has 3 aromatic rings. The Morgan fingerprint density at radius 2 is 2.10 bits per heavy atom. The lowest BCUT2D eigenvalue weighted by Gasteiger charge is -2.34. The van der Waals surface area contributed by atoms with E-state index in [0.717, 1.165) is 11.3 Å². The number of thioether (sulfide) groups is 1. The van der Waals surface area contributed by atoms with Crippen LogP contribution in [0, 0.1) is 11.3 Å². The second kappa shape index (κ2) is 8.84. The van der Waals surface area contributed by atoms with E-state index < -0.39 is 0 Å². The number of oxazole rings is 1. The van der Waals surface area contributed by atoms with Gasteiger partial charge in [-0.2, -0.15) is 10.2 Å². The second-order valence-electron chi connectivity index (χ2n) is 6.48. The van der Waals surface area contributed by atoms with Gasteiger partial charge in [-0.1, -0.05) is 6.07 Å². The summed E-state index contributed by atoms with van der Waals surface area (Å²) in [5, 5.41) is 9.39. The van der Waals surface area contributed by atoms with Crippen LogP contribution in [0.4, 0.5) is 5.88 Å². The van der Waals surface area contributed by atoms with Gasteiger partial charge in [-0.3, -0.25) is 9.78 Å². The molecular weight excluding hydrogens is 390 g/mol. The van der Waals surface area contributed by atoms with Gasteiger partial charge in [0.15, 0.2) is 5.76 Å². The summed E-state index contributed by atoms with van der Waals surface area (Å²) in [6.07, 6.45) is 5.09. The van der Waals surface area contributed by atoms with Gasteiger partial charge in [-0.05, 0) is 23.8 Å². The molecule has 0 radical (unpaired) electrons. The maximum Gasteiger partial charge on any atom is 0.266 e. The van der Waals surface area contributed by atoms with E-state index in [0.29, 0.717) is 43.6 Å². The Balaban J connectivity index is 1.31. The molecule has 0 unspecified atom stereocenters. The Bertz CT molecular complexity index is 989. The number of carbonyl (C=O) groups is 1. The lowest BCUT2D eigenvalue weighted by atomic mass is 10.3. The number of amides is 1. The number of rotatable bonds is 6. The largest absolute Gasteiger partial charge is 0.459 e. The van der Waals surface area contributed by atoms with Crippen molar-refractivity contribution in [3.8, 4) is 17.7 Å². The van der Waals surface area contributed by atoms with Gasteiger partial charge in [0.2, 0.25) is 17.5 Å². The fourth-order valence-corrected chi connectivity index (χ4v) is 3.96. The first-order valence-corrected chi connectivity index (χ1v) is 10.3. The van der Waals surface area contributed by atoms with Crippen molar-refractivity contribution >= 4 is 23.6 Å². The Kier molecular flexibility index (Phi) is 5.81. The van der Waals surface area contributed by atoms with E-state index in [1.807, 2.05) is 28.1 Å². The summed E-state index contributed by atoms with van der Waals surface area (Å²) in [4.78, 5) is 24.6. The van der Waals surface area contributed by atoms with Gasteiger partial charge in [0, 0.05) is 44.3 Å². The van der Waals surface area contributed by atoms with Crippen LogP contribution in [0.2, 0.25) is 0 Å². The number of anilines is 1. The molecule has 1 amide bonds. The molecule has 0 aromatic carbocycles. The predicted octanol–water partition coefficient (Wildman–Crippen LogP) is 2.78. The zero-order chi connectivity index (χ0) is 20.1. The number of nitrogens with zero attached hydrogens (tertiary/aromatic N) is 5. The minimum Gasteiger partial charge on any atom is -0.459 e. The molecule has 0 bridgehead atoms. The minimum atomic E-state index is 0.118. The molecule has 3 aromatic heterocycles. The van der Waals surface area contributed by atoms with Crippen molar-refractivity contribution in [2.45, 2.75) is 5.75 Å². The van der Waals surface area contributed by atoms with Crippen molar-refractivity contribution in [1.82, 2.24) is 14.9 Å². The number of furan rings is 1. The smallest absolute Gasteiger partial charge is 0.266 e. The third-order valence-corrected chi connectivity index (χ3v) is 5.57. The summed E-state index contributed by atoms with van der Waals surface area (Å²) >= 11 is 1.59. The van der Waals surface area contributed by atoms with E-state index in [4.69, 9.17) is 8.83 Å². The van der Waals surface area contributed by atoms with Crippen LogP contribution >= 0.6 is 11.8 Å². The van der Waals surface area contributed by atoms with E-state index in [1.165, 1.54) is 6.26 Å². The Hall–Kier alpha value is -3.25. The van der Waals surface area contributed by atoms with Gasteiger partial charge < -0.3 is 18.6 Å². The van der Waals surface area contributed by atoms with Crippen LogP contribution in [0.3, 0.4) is 0 Å². The standard InChI is InChI=1S/C20H19N5O3S/c21-11-16-20(28-19(23-16)17-4-2-10-27-17)25-8-6-24(7-9-25)18(26)14-29-13-15-3-1-5-22-12-15/h1-5,10,12H,6-9,13-14H2. The molecule has 29 heavy (non-hydrogen) atoms. The molecule has 4 rings (SSSR count). The Labute approximate surface area is 172 Å². The zero-order valence-electron chi connectivity index (χ0n) is 15.7. The van der Waals surface area contributed by atoms with Crippen molar-refractivity contribution in [1.29, 1.82) is 5.26 Å². The summed E-state index contributed by atoms with van der Waals surface area (Å²) in [5.74, 6) is 2.51. The van der Waals surface area contributed by atoms with E-state index in [2.05, 4.69) is 16.0 Å². The van der Waals surface area contributed by atoms with Crippen LogP contribution in [0.5, 0.6) is 0 Å². The van der Waals surface area contributed by atoms with Gasteiger partial charge in [0.1, 0.15) is 6.07 Å². The average molecular weight is 409 g/mol. The number of hydrogen-bond donors (Lipinski definition) is 0. The summed E-state index contributed by atoms with van der Waals surface area (Å²) in [6, 6.07) is 9.45. The topological polar surface area (TPSA) is 99.4 Å². The van der Waals surface area contributed by atoms with Gasteiger partial charge in [-0.25, -0.2) is 0 Å². The Morgan fingerprint density at radius 1 is 1.24 bits per heavy atom. The lowest BCUT2D eigenvalue weighted by Crippen LogP contribution is -2.49. The molecule has 8 nitrogen and oxygen atoms in total. The summed E-state index contributed by atoms with van der Waals surface area (Å²) in [5.41, 5.74) is 1.33. The van der Waals surface area contributed by atoms with Crippen LogP contribution in [0.25, 0.3) is 11.7 Å². The minimum absolute atomic E-state index is 0.118. The van der Waals surface area contributed by atoms with E-state index in [1.54, 1.807) is 30.1 Å². The molecule has 1 aliphatic rings. The first-order chi connectivity index (χ1) is 14.2. The third-order valence-electron chi connectivity index (χ3n) is 4.58. The molecule has 0 saturated carbocycles. The van der Waals surface area contributed by atoms with E-state index >= 15 is 0 Å². The van der Waals surface area contributed by atoms with Crippen molar-refractivity contribution in [3.63, 3.8) is 0 Å². The maximum absolute atomic E-state index is 12.5. The van der Waals surface area contributed by atoms with E-state index in [-0.39, 0.29) is 17.5 Å². The molecule has 1 saturated heterocycles. The molecule has 4 heterocycles. The monoisotopic (exact) mass is 409 g/mol. The maximum atomic E-state index is 12.5. The average Bonchev–Trinajstić information content (AvgIpc) is 3.44. The number of hydrogen-bond acceptors (Lipinski definition) is 8. The highest BCUT2D eigenvalue weighted by atomic mass is 32.2. The quantitative estimate of drug-likeness (QED) is 0.613. The predicted molar refractivity (Wildman–Crippen MR) is 108 cm³/mol. The van der Waals surface area contributed by atoms with Gasteiger partial charge in [0.05, 0.1) is 12.0 Å². The Morgan fingerprint density at radius 3 is 2.79 bits per heavy atom. The fourth-order valence-electron chi connectivity index (χ4n) is 3.09. The fraction of sp³-hybridized carbons (Fsp3) is 0.300. The van der Waals surface area contributed by atoms with Crippen LogP contribution < -0.4 is 4.90 Å². The highest BCUT2D eigenvalue weighted by Gasteiger charge is 2.27. The van der Waals surface area contributed by atoms with Crippen LogP contribution in [0.15, 0.2) is 51.8 Å². The summed E-state index contributed by atoms with van der Waals surface area (Å²) < 4.78 is 11.1. The number of nitriles is 1. The number of pyridine rings is 1. The summed E-state index contributed by atoms with van der Waals surface area (Å²) in [7, 11) is 0. The van der Waals surface area contributed by atoms with Crippen LogP contribution in [0.1, 0.15) is 11.3 Å². The molecule has 0 N–H and O–H groups in total. The first kappa shape index (κ1) is 19.1. The van der Waals surface area contributed by atoms with Crippen LogP contribution in [-0.4, -0.2) is 52.7 Å². The molecule has 148 valence electrons. The van der Waals surface area contributed by atoms with Gasteiger partial charge in [-0.15, -0.1) is 11.8 Å². The number of piperazine rings is 1.